The number of phenols is 1. The van der Waals surface area contributed by atoms with Crippen LogP contribution in [-0.4, -0.2) is 5.11 Å². The van der Waals surface area contributed by atoms with Crippen LogP contribution in [-0.2, 0) is 0 Å². The molecule has 0 radical (unpaired) electrons. The first-order valence-corrected chi connectivity index (χ1v) is 4.64. The summed E-state index contributed by atoms with van der Waals surface area (Å²) in [6, 6.07) is 9.29. The van der Waals surface area contributed by atoms with Gasteiger partial charge in [-0.2, -0.15) is 0 Å². The van der Waals surface area contributed by atoms with Crippen molar-refractivity contribution in [1.82, 2.24) is 0 Å². The van der Waals surface area contributed by atoms with Gasteiger partial charge in [-0.15, -0.1) is 0 Å². The maximum Gasteiger partial charge on any atom is 0.146 e. The van der Waals surface area contributed by atoms with Crippen molar-refractivity contribution in [2.24, 2.45) is 0 Å². The van der Waals surface area contributed by atoms with Crippen molar-refractivity contribution in [3.63, 3.8) is 0 Å². The van der Waals surface area contributed by atoms with Crippen molar-refractivity contribution >= 4 is 32.4 Å². The summed E-state index contributed by atoms with van der Waals surface area (Å²) in [5.41, 5.74) is 5.98. The van der Waals surface area contributed by atoms with Crippen LogP contribution in [0.3, 0.4) is 0 Å². The van der Waals surface area contributed by atoms with E-state index in [2.05, 4.69) is 15.9 Å². The van der Waals surface area contributed by atoms with Gasteiger partial charge in [0.15, 0.2) is 0 Å². The molecule has 13 heavy (non-hydrogen) atoms. The van der Waals surface area contributed by atoms with E-state index in [-0.39, 0.29) is 5.75 Å². The summed E-state index contributed by atoms with van der Waals surface area (Å²) in [6.45, 7) is 0. The molecule has 0 unspecified atom stereocenters. The van der Waals surface area contributed by atoms with E-state index >= 15 is 0 Å². The molecule has 2 rings (SSSR count). The second kappa shape index (κ2) is 2.92. The van der Waals surface area contributed by atoms with Gasteiger partial charge in [0.1, 0.15) is 5.75 Å². The Hall–Kier alpha value is -1.22. The number of hydrogen-bond donors (Lipinski definition) is 2. The summed E-state index contributed by atoms with van der Waals surface area (Å²) in [5, 5.41) is 11.4. The third kappa shape index (κ3) is 1.35. The zero-order chi connectivity index (χ0) is 9.42. The molecule has 0 spiro atoms. The lowest BCUT2D eigenvalue weighted by molar-refractivity contribution is 0.484. The molecule has 2 aromatic carbocycles. The van der Waals surface area contributed by atoms with Gasteiger partial charge in [0.25, 0.3) is 0 Å². The lowest BCUT2D eigenvalue weighted by Crippen LogP contribution is -1.85. The van der Waals surface area contributed by atoms with Gasteiger partial charge < -0.3 is 10.8 Å². The predicted molar refractivity (Wildman–Crippen MR) is 57.7 cm³/mol. The fourth-order valence-electron chi connectivity index (χ4n) is 1.29. The minimum absolute atomic E-state index is 0.152. The van der Waals surface area contributed by atoms with E-state index in [0.29, 0.717) is 5.69 Å². The Labute approximate surface area is 84.1 Å². The number of hydrogen-bond acceptors (Lipinski definition) is 2. The molecule has 3 N–H and O–H groups in total. The molecule has 0 saturated carbocycles. The van der Waals surface area contributed by atoms with Gasteiger partial charge in [0.05, 0.1) is 5.69 Å². The predicted octanol–water partition coefficient (Wildman–Crippen LogP) is 2.89. The highest BCUT2D eigenvalue weighted by Gasteiger charge is 2.03. The highest BCUT2D eigenvalue weighted by molar-refractivity contribution is 9.10. The topological polar surface area (TPSA) is 46.2 Å². The molecule has 0 aliphatic rings. The van der Waals surface area contributed by atoms with Crippen LogP contribution in [0.1, 0.15) is 0 Å². The van der Waals surface area contributed by atoms with E-state index in [1.807, 2.05) is 24.3 Å². The average molecular weight is 238 g/mol. The molecule has 0 fully saturated rings. The zero-order valence-corrected chi connectivity index (χ0v) is 8.38. The van der Waals surface area contributed by atoms with Crippen molar-refractivity contribution in [2.45, 2.75) is 0 Å². The lowest BCUT2D eigenvalue weighted by atomic mass is 10.1. The zero-order valence-electron chi connectivity index (χ0n) is 6.79. The number of rotatable bonds is 0. The van der Waals surface area contributed by atoms with Gasteiger partial charge in [-0.1, -0.05) is 28.1 Å². The van der Waals surface area contributed by atoms with E-state index in [1.54, 1.807) is 6.07 Å². The van der Waals surface area contributed by atoms with Crippen LogP contribution in [0.15, 0.2) is 34.8 Å². The van der Waals surface area contributed by atoms with E-state index in [4.69, 9.17) is 5.73 Å². The first-order valence-electron chi connectivity index (χ1n) is 3.85. The summed E-state index contributed by atoms with van der Waals surface area (Å²) in [5.74, 6) is 0.152. The summed E-state index contributed by atoms with van der Waals surface area (Å²) in [4.78, 5) is 0. The number of nitrogen functional groups attached to an aromatic ring is 1. The van der Waals surface area contributed by atoms with Crippen LogP contribution >= 0.6 is 15.9 Å². The Morgan fingerprint density at radius 3 is 2.62 bits per heavy atom. The smallest absolute Gasteiger partial charge is 0.146 e. The number of phenolic OH excluding ortho intramolecular Hbond substituents is 1. The number of benzene rings is 2. The second-order valence-electron chi connectivity index (χ2n) is 2.87. The SMILES string of the molecule is Nc1ccc2ccc(Br)cc2c1O. The molecule has 0 aliphatic carbocycles. The second-order valence-corrected chi connectivity index (χ2v) is 3.78. The van der Waals surface area contributed by atoms with Crippen LogP contribution in [0.2, 0.25) is 0 Å². The lowest BCUT2D eigenvalue weighted by Gasteiger charge is -2.03. The molecule has 0 aromatic heterocycles. The van der Waals surface area contributed by atoms with E-state index < -0.39 is 0 Å². The normalized spacial score (nSPS) is 10.5. The van der Waals surface area contributed by atoms with Crippen molar-refractivity contribution < 1.29 is 5.11 Å². The molecule has 2 nitrogen and oxygen atoms in total. The molecule has 3 heteroatoms. The van der Waals surface area contributed by atoms with Crippen LogP contribution in [0.25, 0.3) is 10.8 Å². The Balaban J connectivity index is 2.89. The van der Waals surface area contributed by atoms with Crippen LogP contribution in [0.4, 0.5) is 5.69 Å². The van der Waals surface area contributed by atoms with E-state index in [0.717, 1.165) is 15.2 Å². The number of anilines is 1. The quantitative estimate of drug-likeness (QED) is 0.547. The summed E-state index contributed by atoms with van der Waals surface area (Å²) in [6.07, 6.45) is 0. The molecule has 2 aromatic rings. The molecule has 0 amide bonds. The van der Waals surface area contributed by atoms with Gasteiger partial charge in [-0.25, -0.2) is 0 Å². The molecule has 0 saturated heterocycles. The third-order valence-corrected chi connectivity index (χ3v) is 2.48. The number of aromatic hydroxyl groups is 1. The Morgan fingerprint density at radius 2 is 1.85 bits per heavy atom. The Morgan fingerprint density at radius 1 is 1.15 bits per heavy atom. The molecular formula is C10H8BrNO. The summed E-state index contributed by atoms with van der Waals surface area (Å²) in [7, 11) is 0. The number of fused-ring (bicyclic) bond motifs is 1. The van der Waals surface area contributed by atoms with Crippen LogP contribution in [0, 0.1) is 0 Å². The van der Waals surface area contributed by atoms with Gasteiger partial charge in [-0.05, 0) is 23.6 Å². The highest BCUT2D eigenvalue weighted by atomic mass is 79.9. The summed E-state index contributed by atoms with van der Waals surface area (Å²) >= 11 is 3.34. The molecule has 0 heterocycles. The number of halogens is 1. The van der Waals surface area contributed by atoms with Crippen LogP contribution in [0.5, 0.6) is 5.75 Å². The highest BCUT2D eigenvalue weighted by Crippen LogP contribution is 2.32. The van der Waals surface area contributed by atoms with E-state index in [1.165, 1.54) is 0 Å². The fourth-order valence-corrected chi connectivity index (χ4v) is 1.65. The van der Waals surface area contributed by atoms with Crippen LogP contribution < -0.4 is 5.73 Å². The Bertz CT molecular complexity index is 462. The molecule has 66 valence electrons. The van der Waals surface area contributed by atoms with Gasteiger partial charge in [-0.3, -0.25) is 0 Å². The maximum atomic E-state index is 9.64. The largest absolute Gasteiger partial charge is 0.505 e. The van der Waals surface area contributed by atoms with Gasteiger partial charge in [0, 0.05) is 9.86 Å². The van der Waals surface area contributed by atoms with Crippen molar-refractivity contribution in [1.29, 1.82) is 0 Å². The number of nitrogens with two attached hydrogens (primary N) is 1. The van der Waals surface area contributed by atoms with Crippen molar-refractivity contribution in [2.75, 3.05) is 5.73 Å². The maximum absolute atomic E-state index is 9.64. The minimum atomic E-state index is 0.152. The molecule has 0 bridgehead atoms. The van der Waals surface area contributed by atoms with Gasteiger partial charge >= 0.3 is 0 Å². The van der Waals surface area contributed by atoms with E-state index in [9.17, 15) is 5.11 Å². The minimum Gasteiger partial charge on any atom is -0.505 e. The standard InChI is InChI=1S/C10H8BrNO/c11-7-3-1-6-2-4-9(12)10(13)8(6)5-7/h1-5,13H,12H2. The first kappa shape index (κ1) is 8.38. The fraction of sp³-hybridized carbons (Fsp3) is 0. The summed E-state index contributed by atoms with van der Waals surface area (Å²) < 4.78 is 0.931. The van der Waals surface area contributed by atoms with Gasteiger partial charge in [0.2, 0.25) is 0 Å². The first-order chi connectivity index (χ1) is 6.18. The van der Waals surface area contributed by atoms with Crippen molar-refractivity contribution in [3.8, 4) is 5.75 Å². The van der Waals surface area contributed by atoms with Crippen molar-refractivity contribution in [3.05, 3.63) is 34.8 Å². The average Bonchev–Trinajstić information content (AvgIpc) is 2.12. The molecule has 0 atom stereocenters. The molecule has 0 aliphatic heterocycles. The molecular weight excluding hydrogens is 230 g/mol. The Kier molecular flexibility index (Phi) is 1.88. The monoisotopic (exact) mass is 237 g/mol. The third-order valence-electron chi connectivity index (χ3n) is 1.99.